The average Bonchev–Trinajstić information content (AvgIpc) is 2.89. The lowest BCUT2D eigenvalue weighted by Gasteiger charge is -2.17. The summed E-state index contributed by atoms with van der Waals surface area (Å²) in [6.07, 6.45) is -2.42. The van der Waals surface area contributed by atoms with Gasteiger partial charge in [-0.25, -0.2) is 0 Å². The van der Waals surface area contributed by atoms with Crippen molar-refractivity contribution in [1.82, 2.24) is 4.98 Å². The van der Waals surface area contributed by atoms with Crippen molar-refractivity contribution in [3.05, 3.63) is 126 Å². The molecule has 0 radical (unpaired) electrons. The molecule has 0 saturated carbocycles. The molecule has 0 aliphatic rings. The molecule has 0 atom stereocenters. The highest BCUT2D eigenvalue weighted by Gasteiger charge is 2.33. The first-order chi connectivity index (χ1) is 17.9. The normalized spacial score (nSPS) is 11.3. The van der Waals surface area contributed by atoms with Crippen LogP contribution in [0.15, 0.2) is 109 Å². The second-order valence-electron chi connectivity index (χ2n) is 8.55. The summed E-state index contributed by atoms with van der Waals surface area (Å²) in [5.41, 5.74) is 4.10. The number of hydrogen-bond acceptors (Lipinski definition) is 2. The summed E-state index contributed by atoms with van der Waals surface area (Å²) in [5.74, 6) is 0. The number of thiocarbonyl (C=S) groups is 1. The minimum Gasteiger partial charge on any atom is -0.332 e. The molecule has 7 heteroatoms. The van der Waals surface area contributed by atoms with Gasteiger partial charge in [0.25, 0.3) is 0 Å². The van der Waals surface area contributed by atoms with Crippen molar-refractivity contribution in [1.29, 1.82) is 0 Å². The van der Waals surface area contributed by atoms with Gasteiger partial charge < -0.3 is 10.6 Å². The van der Waals surface area contributed by atoms with E-state index in [4.69, 9.17) is 12.2 Å². The van der Waals surface area contributed by atoms with E-state index in [1.54, 1.807) is 12.3 Å². The monoisotopic (exact) mass is 513 g/mol. The van der Waals surface area contributed by atoms with E-state index < -0.39 is 11.7 Å². The molecule has 0 spiro atoms. The summed E-state index contributed by atoms with van der Waals surface area (Å²) in [7, 11) is 0. The highest BCUT2D eigenvalue weighted by Crippen LogP contribution is 2.39. The minimum atomic E-state index is -4.51. The van der Waals surface area contributed by atoms with Crippen LogP contribution in [0.4, 0.5) is 24.5 Å². The van der Waals surface area contributed by atoms with E-state index in [1.165, 1.54) is 6.07 Å². The van der Waals surface area contributed by atoms with Crippen molar-refractivity contribution in [2.24, 2.45) is 0 Å². The van der Waals surface area contributed by atoms with E-state index in [2.05, 4.69) is 15.6 Å². The van der Waals surface area contributed by atoms with Crippen LogP contribution in [0, 0.1) is 0 Å². The SMILES string of the molecule is FC(F)(F)c1cccc2c(-c3cccc(NC(=S)Nc4ccccc4)c3)c(Cc3ccccc3)cnc12. The van der Waals surface area contributed by atoms with E-state index in [0.29, 0.717) is 28.2 Å². The molecule has 3 nitrogen and oxygen atoms in total. The lowest BCUT2D eigenvalue weighted by molar-refractivity contribution is -0.136. The Kier molecular flexibility index (Phi) is 6.88. The molecule has 5 aromatic rings. The number of nitrogens with zero attached hydrogens (tertiary/aromatic N) is 1. The highest BCUT2D eigenvalue weighted by molar-refractivity contribution is 7.80. The predicted molar refractivity (Wildman–Crippen MR) is 148 cm³/mol. The summed E-state index contributed by atoms with van der Waals surface area (Å²) in [4.78, 5) is 4.28. The summed E-state index contributed by atoms with van der Waals surface area (Å²) in [5, 5.41) is 7.17. The zero-order chi connectivity index (χ0) is 25.8. The van der Waals surface area contributed by atoms with Gasteiger partial charge in [0.05, 0.1) is 11.1 Å². The third-order valence-corrected chi connectivity index (χ3v) is 6.16. The number of benzene rings is 4. The molecule has 184 valence electrons. The highest BCUT2D eigenvalue weighted by atomic mass is 32.1. The Balaban J connectivity index is 1.58. The van der Waals surface area contributed by atoms with Crippen LogP contribution in [0.2, 0.25) is 0 Å². The number of halogens is 3. The molecule has 0 bridgehead atoms. The van der Waals surface area contributed by atoms with Gasteiger partial charge in [0.1, 0.15) is 0 Å². The number of fused-ring (bicyclic) bond motifs is 1. The quantitative estimate of drug-likeness (QED) is 0.232. The van der Waals surface area contributed by atoms with Crippen molar-refractivity contribution in [2.75, 3.05) is 10.6 Å². The molecule has 0 saturated heterocycles. The third kappa shape index (κ3) is 5.62. The molecule has 0 fully saturated rings. The fraction of sp³-hybridized carbons (Fsp3) is 0.0667. The molecule has 37 heavy (non-hydrogen) atoms. The second-order valence-corrected chi connectivity index (χ2v) is 8.95. The Bertz CT molecular complexity index is 1550. The van der Waals surface area contributed by atoms with Crippen molar-refractivity contribution in [3.8, 4) is 11.1 Å². The Morgan fingerprint density at radius 3 is 2.14 bits per heavy atom. The summed E-state index contributed by atoms with van der Waals surface area (Å²) >= 11 is 5.47. The van der Waals surface area contributed by atoms with Crippen LogP contribution >= 0.6 is 12.2 Å². The summed E-state index contributed by atoms with van der Waals surface area (Å²) in [6, 6.07) is 31.0. The molecule has 2 N–H and O–H groups in total. The van der Waals surface area contributed by atoms with Gasteiger partial charge in [0, 0.05) is 23.0 Å². The Hall–Kier alpha value is -4.23. The molecule has 1 aromatic heterocycles. The number of alkyl halides is 3. The van der Waals surface area contributed by atoms with E-state index in [0.717, 1.165) is 28.4 Å². The van der Waals surface area contributed by atoms with Crippen LogP contribution in [-0.2, 0) is 12.6 Å². The largest absolute Gasteiger partial charge is 0.418 e. The standard InChI is InChI=1S/C30H22F3N3S/c31-30(32,33)26-16-8-15-25-27(22(19-34-28(25)26)17-20-9-3-1-4-10-20)21-11-7-14-24(18-21)36-29(37)35-23-12-5-2-6-13-23/h1-16,18-19H,17H2,(H2,35,36,37). The van der Waals surface area contributed by atoms with Crippen LogP contribution in [-0.4, -0.2) is 10.1 Å². The number of rotatable bonds is 5. The van der Waals surface area contributed by atoms with E-state index in [9.17, 15) is 13.2 Å². The lowest BCUT2D eigenvalue weighted by Crippen LogP contribution is -2.18. The summed E-state index contributed by atoms with van der Waals surface area (Å²) in [6.45, 7) is 0. The molecule has 0 aliphatic carbocycles. The molecule has 0 aliphatic heterocycles. The van der Waals surface area contributed by atoms with Gasteiger partial charge in [-0.05, 0) is 71.2 Å². The molecule has 1 heterocycles. The topological polar surface area (TPSA) is 37.0 Å². The number of nitrogens with one attached hydrogen (secondary N) is 2. The fourth-order valence-electron chi connectivity index (χ4n) is 4.35. The number of pyridine rings is 1. The van der Waals surface area contributed by atoms with E-state index >= 15 is 0 Å². The Morgan fingerprint density at radius 2 is 1.41 bits per heavy atom. The average molecular weight is 514 g/mol. The zero-order valence-electron chi connectivity index (χ0n) is 19.6. The Morgan fingerprint density at radius 1 is 0.757 bits per heavy atom. The third-order valence-electron chi connectivity index (χ3n) is 5.96. The molecular formula is C30H22F3N3S. The molecule has 0 unspecified atom stereocenters. The molecular weight excluding hydrogens is 491 g/mol. The van der Waals surface area contributed by atoms with Gasteiger partial charge in [-0.2, -0.15) is 13.2 Å². The summed E-state index contributed by atoms with van der Waals surface area (Å²) < 4.78 is 41.4. The maximum atomic E-state index is 13.8. The number of aromatic nitrogens is 1. The van der Waals surface area contributed by atoms with Crippen LogP contribution in [0.1, 0.15) is 16.7 Å². The van der Waals surface area contributed by atoms with Crippen LogP contribution in [0.25, 0.3) is 22.0 Å². The Labute approximate surface area is 218 Å². The minimum absolute atomic E-state index is 0.0681. The first-order valence-electron chi connectivity index (χ1n) is 11.6. The van der Waals surface area contributed by atoms with Crippen molar-refractivity contribution >= 4 is 39.6 Å². The zero-order valence-corrected chi connectivity index (χ0v) is 20.4. The number of anilines is 2. The van der Waals surface area contributed by atoms with Gasteiger partial charge in [-0.15, -0.1) is 0 Å². The second kappa shape index (κ2) is 10.4. The van der Waals surface area contributed by atoms with Crippen LogP contribution in [0.5, 0.6) is 0 Å². The smallest absolute Gasteiger partial charge is 0.332 e. The maximum Gasteiger partial charge on any atom is 0.418 e. The number of para-hydroxylation sites is 2. The van der Waals surface area contributed by atoms with Gasteiger partial charge in [0.15, 0.2) is 5.11 Å². The molecule has 4 aromatic carbocycles. The van der Waals surface area contributed by atoms with Gasteiger partial charge in [-0.1, -0.05) is 72.8 Å². The van der Waals surface area contributed by atoms with Gasteiger partial charge in [0.2, 0.25) is 0 Å². The van der Waals surface area contributed by atoms with Crippen molar-refractivity contribution in [3.63, 3.8) is 0 Å². The van der Waals surface area contributed by atoms with Crippen LogP contribution in [0.3, 0.4) is 0 Å². The van der Waals surface area contributed by atoms with Gasteiger partial charge >= 0.3 is 6.18 Å². The van der Waals surface area contributed by atoms with Crippen molar-refractivity contribution < 1.29 is 13.2 Å². The fourth-order valence-corrected chi connectivity index (χ4v) is 4.59. The van der Waals surface area contributed by atoms with Crippen LogP contribution < -0.4 is 10.6 Å². The first-order valence-corrected chi connectivity index (χ1v) is 12.0. The molecule has 0 amide bonds. The molecule has 5 rings (SSSR count). The lowest BCUT2D eigenvalue weighted by atomic mass is 9.91. The predicted octanol–water partition coefficient (Wildman–Crippen LogP) is 8.32. The van der Waals surface area contributed by atoms with Crippen molar-refractivity contribution in [2.45, 2.75) is 12.6 Å². The maximum absolute atomic E-state index is 13.8. The van der Waals surface area contributed by atoms with E-state index in [1.807, 2.05) is 84.9 Å². The van der Waals surface area contributed by atoms with E-state index in [-0.39, 0.29) is 5.52 Å². The first kappa shape index (κ1) is 24.5. The number of hydrogen-bond donors (Lipinski definition) is 2. The van der Waals surface area contributed by atoms with Gasteiger partial charge in [-0.3, -0.25) is 4.98 Å².